The molecule has 0 saturated carbocycles. The minimum atomic E-state index is 0.204. The summed E-state index contributed by atoms with van der Waals surface area (Å²) in [6.07, 6.45) is 3.07. The highest BCUT2D eigenvalue weighted by Crippen LogP contribution is 2.24. The molecule has 1 heterocycles. The lowest BCUT2D eigenvalue weighted by Gasteiger charge is -2.28. The first-order valence-electron chi connectivity index (χ1n) is 6.66. The molecule has 0 amide bonds. The molecule has 18 heavy (non-hydrogen) atoms. The van der Waals surface area contributed by atoms with Crippen molar-refractivity contribution in [3.63, 3.8) is 0 Å². The zero-order valence-electron chi connectivity index (χ0n) is 10.8. The molecule has 3 heteroatoms. The van der Waals surface area contributed by atoms with Gasteiger partial charge in [-0.15, -0.1) is 0 Å². The van der Waals surface area contributed by atoms with Gasteiger partial charge in [0.2, 0.25) is 0 Å². The van der Waals surface area contributed by atoms with Crippen LogP contribution in [-0.4, -0.2) is 18.9 Å². The van der Waals surface area contributed by atoms with Crippen LogP contribution in [0.3, 0.4) is 0 Å². The highest BCUT2D eigenvalue weighted by Gasteiger charge is 2.22. The molecule has 2 rings (SSSR count). The summed E-state index contributed by atoms with van der Waals surface area (Å²) in [5, 5.41) is 4.04. The summed E-state index contributed by atoms with van der Waals surface area (Å²) < 4.78 is 0. The Morgan fingerprint density at radius 1 is 1.56 bits per heavy atom. The predicted molar refractivity (Wildman–Crippen MR) is 75.2 cm³/mol. The maximum absolute atomic E-state index is 12.2. The summed E-state index contributed by atoms with van der Waals surface area (Å²) in [6, 6.07) is 7.24. The molecule has 1 aromatic rings. The van der Waals surface area contributed by atoms with E-state index in [-0.39, 0.29) is 5.78 Å². The van der Waals surface area contributed by atoms with Crippen molar-refractivity contribution in [2.75, 3.05) is 13.1 Å². The Labute approximate surface area is 114 Å². The molecule has 0 spiro atoms. The molecule has 2 unspecified atom stereocenters. The van der Waals surface area contributed by atoms with Crippen LogP contribution in [0.5, 0.6) is 0 Å². The zero-order chi connectivity index (χ0) is 13.0. The van der Waals surface area contributed by atoms with Gasteiger partial charge in [0.05, 0.1) is 0 Å². The average Bonchev–Trinajstić information content (AvgIpc) is 2.39. The van der Waals surface area contributed by atoms with Crippen LogP contribution in [0, 0.1) is 11.8 Å². The first-order valence-corrected chi connectivity index (χ1v) is 7.04. The third-order valence-electron chi connectivity index (χ3n) is 3.79. The molecular formula is C15H20ClNO. The van der Waals surface area contributed by atoms with E-state index < -0.39 is 0 Å². The lowest BCUT2D eigenvalue weighted by atomic mass is 9.83. The van der Waals surface area contributed by atoms with E-state index in [1.54, 1.807) is 12.1 Å². The minimum absolute atomic E-state index is 0.204. The fourth-order valence-electron chi connectivity index (χ4n) is 2.60. The van der Waals surface area contributed by atoms with Gasteiger partial charge in [0.1, 0.15) is 0 Å². The van der Waals surface area contributed by atoms with E-state index in [1.807, 2.05) is 12.1 Å². The van der Waals surface area contributed by atoms with Crippen molar-refractivity contribution in [2.24, 2.45) is 11.8 Å². The molecule has 2 atom stereocenters. The van der Waals surface area contributed by atoms with Crippen LogP contribution >= 0.6 is 11.6 Å². The van der Waals surface area contributed by atoms with E-state index >= 15 is 0 Å². The van der Waals surface area contributed by atoms with Crippen LogP contribution in [0.1, 0.15) is 36.5 Å². The quantitative estimate of drug-likeness (QED) is 0.844. The van der Waals surface area contributed by atoms with Gasteiger partial charge in [0.25, 0.3) is 0 Å². The number of halogens is 1. The van der Waals surface area contributed by atoms with Crippen LogP contribution in [0.4, 0.5) is 0 Å². The highest BCUT2D eigenvalue weighted by molar-refractivity contribution is 6.31. The standard InChI is InChI=1S/C15H20ClNO/c1-11(13-5-3-7-17-10-13)8-15(18)12-4-2-6-14(16)9-12/h2,4,6,9,11,13,17H,3,5,7-8,10H2,1H3. The van der Waals surface area contributed by atoms with E-state index in [4.69, 9.17) is 11.6 Å². The Balaban J connectivity index is 1.94. The maximum atomic E-state index is 12.2. The zero-order valence-corrected chi connectivity index (χ0v) is 11.5. The van der Waals surface area contributed by atoms with Crippen LogP contribution < -0.4 is 5.32 Å². The summed E-state index contributed by atoms with van der Waals surface area (Å²) in [5.74, 6) is 1.27. The molecule has 1 saturated heterocycles. The van der Waals surface area contributed by atoms with Gasteiger partial charge < -0.3 is 5.32 Å². The molecule has 1 N–H and O–H groups in total. The van der Waals surface area contributed by atoms with Crippen molar-refractivity contribution >= 4 is 17.4 Å². The molecule has 1 aromatic carbocycles. The van der Waals surface area contributed by atoms with Crippen molar-refractivity contribution < 1.29 is 4.79 Å². The normalized spacial score (nSPS) is 21.6. The fourth-order valence-corrected chi connectivity index (χ4v) is 2.79. The van der Waals surface area contributed by atoms with Crippen LogP contribution in [0.15, 0.2) is 24.3 Å². The first kappa shape index (κ1) is 13.6. The summed E-state index contributed by atoms with van der Waals surface area (Å²) in [6.45, 7) is 4.34. The van der Waals surface area contributed by atoms with Gasteiger partial charge in [0, 0.05) is 17.0 Å². The van der Waals surface area contributed by atoms with Gasteiger partial charge in [-0.05, 0) is 49.9 Å². The van der Waals surface area contributed by atoms with Gasteiger partial charge in [-0.25, -0.2) is 0 Å². The minimum Gasteiger partial charge on any atom is -0.316 e. The first-order chi connectivity index (χ1) is 8.66. The van der Waals surface area contributed by atoms with E-state index in [0.717, 1.165) is 18.7 Å². The highest BCUT2D eigenvalue weighted by atomic mass is 35.5. The number of carbonyl (C=O) groups excluding carboxylic acids is 1. The van der Waals surface area contributed by atoms with Crippen molar-refractivity contribution in [3.8, 4) is 0 Å². The van der Waals surface area contributed by atoms with Crippen LogP contribution in [0.2, 0.25) is 5.02 Å². The fraction of sp³-hybridized carbons (Fsp3) is 0.533. The van der Waals surface area contributed by atoms with E-state index in [9.17, 15) is 4.79 Å². The van der Waals surface area contributed by atoms with E-state index in [1.165, 1.54) is 12.8 Å². The molecule has 0 radical (unpaired) electrons. The van der Waals surface area contributed by atoms with E-state index in [0.29, 0.717) is 23.3 Å². The number of hydrogen-bond donors (Lipinski definition) is 1. The number of piperidine rings is 1. The second-order valence-corrected chi connectivity index (χ2v) is 5.66. The van der Waals surface area contributed by atoms with Crippen molar-refractivity contribution in [2.45, 2.75) is 26.2 Å². The molecule has 2 nitrogen and oxygen atoms in total. The number of ketones is 1. The summed E-state index contributed by atoms with van der Waals surface area (Å²) in [7, 11) is 0. The monoisotopic (exact) mass is 265 g/mol. The van der Waals surface area contributed by atoms with Gasteiger partial charge in [-0.2, -0.15) is 0 Å². The average molecular weight is 266 g/mol. The molecule has 1 aliphatic heterocycles. The van der Waals surface area contributed by atoms with Crippen molar-refractivity contribution in [3.05, 3.63) is 34.9 Å². The van der Waals surface area contributed by atoms with E-state index in [2.05, 4.69) is 12.2 Å². The van der Waals surface area contributed by atoms with Gasteiger partial charge in [-0.1, -0.05) is 30.7 Å². The molecule has 0 aromatic heterocycles. The van der Waals surface area contributed by atoms with Gasteiger partial charge in [-0.3, -0.25) is 4.79 Å². The van der Waals surface area contributed by atoms with Crippen molar-refractivity contribution in [1.29, 1.82) is 0 Å². The molecule has 98 valence electrons. The third kappa shape index (κ3) is 3.56. The smallest absolute Gasteiger partial charge is 0.163 e. The SMILES string of the molecule is CC(CC(=O)c1cccc(Cl)c1)C1CCCNC1. The Morgan fingerprint density at radius 2 is 2.39 bits per heavy atom. The number of hydrogen-bond acceptors (Lipinski definition) is 2. The Morgan fingerprint density at radius 3 is 3.06 bits per heavy atom. The Hall–Kier alpha value is -0.860. The number of rotatable bonds is 4. The number of benzene rings is 1. The molecule has 0 aliphatic carbocycles. The number of nitrogens with one attached hydrogen (secondary N) is 1. The second kappa shape index (κ2) is 6.35. The van der Waals surface area contributed by atoms with Crippen LogP contribution in [-0.2, 0) is 0 Å². The number of Topliss-reactive ketones (excluding diaryl/α,β-unsaturated/α-hetero) is 1. The number of carbonyl (C=O) groups is 1. The summed E-state index contributed by atoms with van der Waals surface area (Å²) in [4.78, 5) is 12.2. The molecular weight excluding hydrogens is 246 g/mol. The largest absolute Gasteiger partial charge is 0.316 e. The molecule has 1 fully saturated rings. The lowest BCUT2D eigenvalue weighted by molar-refractivity contribution is 0.0943. The third-order valence-corrected chi connectivity index (χ3v) is 4.03. The Bertz CT molecular complexity index is 413. The summed E-state index contributed by atoms with van der Waals surface area (Å²) >= 11 is 5.91. The van der Waals surface area contributed by atoms with Gasteiger partial charge >= 0.3 is 0 Å². The van der Waals surface area contributed by atoms with Crippen LogP contribution in [0.25, 0.3) is 0 Å². The van der Waals surface area contributed by atoms with Crippen molar-refractivity contribution in [1.82, 2.24) is 5.32 Å². The maximum Gasteiger partial charge on any atom is 0.163 e. The predicted octanol–water partition coefficient (Wildman–Crippen LogP) is 3.55. The Kier molecular flexibility index (Phi) is 4.79. The second-order valence-electron chi connectivity index (χ2n) is 5.22. The molecule has 0 bridgehead atoms. The lowest BCUT2D eigenvalue weighted by Crippen LogP contribution is -2.34. The summed E-state index contributed by atoms with van der Waals surface area (Å²) in [5.41, 5.74) is 0.734. The van der Waals surface area contributed by atoms with Gasteiger partial charge in [0.15, 0.2) is 5.78 Å². The topological polar surface area (TPSA) is 29.1 Å². The molecule has 1 aliphatic rings.